The maximum Gasteiger partial charge on any atom is 0.251 e. The maximum absolute atomic E-state index is 12.2. The number of carbonyl (C=O) groups excluding carboxylic acids is 1. The molecular weight excluding hydrogens is 294 g/mol. The van der Waals surface area contributed by atoms with Gasteiger partial charge in [0.25, 0.3) is 5.91 Å². The summed E-state index contributed by atoms with van der Waals surface area (Å²) in [4.78, 5) is 12.2. The summed E-state index contributed by atoms with van der Waals surface area (Å²) in [6, 6.07) is 15.7. The fourth-order valence-electron chi connectivity index (χ4n) is 2.22. The van der Waals surface area contributed by atoms with E-state index < -0.39 is 0 Å². The number of thioether (sulfide) groups is 1. The highest BCUT2D eigenvalue weighted by molar-refractivity contribution is 7.97. The number of carbonyl (C=O) groups is 1. The van der Waals surface area contributed by atoms with Gasteiger partial charge in [0.05, 0.1) is 6.61 Å². The molecule has 0 unspecified atom stereocenters. The van der Waals surface area contributed by atoms with Crippen LogP contribution in [0, 0.1) is 0 Å². The molecule has 0 heterocycles. The molecule has 4 heteroatoms. The Balaban J connectivity index is 1.97. The summed E-state index contributed by atoms with van der Waals surface area (Å²) in [6.45, 7) is 1.06. The van der Waals surface area contributed by atoms with Crippen LogP contribution in [0.1, 0.15) is 27.0 Å². The summed E-state index contributed by atoms with van der Waals surface area (Å²) in [6.07, 6.45) is 2.07. The van der Waals surface area contributed by atoms with E-state index in [0.717, 1.165) is 16.9 Å². The fourth-order valence-corrected chi connectivity index (χ4v) is 2.75. The largest absolute Gasteiger partial charge is 0.380 e. The van der Waals surface area contributed by atoms with Crippen molar-refractivity contribution >= 4 is 17.7 Å². The predicted molar refractivity (Wildman–Crippen MR) is 92.0 cm³/mol. The van der Waals surface area contributed by atoms with Crippen molar-refractivity contribution in [1.29, 1.82) is 0 Å². The minimum absolute atomic E-state index is 0.0529. The van der Waals surface area contributed by atoms with Crippen LogP contribution in [0.15, 0.2) is 48.5 Å². The van der Waals surface area contributed by atoms with E-state index in [9.17, 15) is 4.79 Å². The van der Waals surface area contributed by atoms with E-state index in [1.54, 1.807) is 18.9 Å². The van der Waals surface area contributed by atoms with Crippen molar-refractivity contribution in [2.75, 3.05) is 13.4 Å². The van der Waals surface area contributed by atoms with Crippen LogP contribution >= 0.6 is 11.8 Å². The number of benzene rings is 2. The molecule has 1 amide bonds. The molecule has 0 bridgehead atoms. The van der Waals surface area contributed by atoms with E-state index in [1.165, 1.54) is 5.56 Å². The average molecular weight is 315 g/mol. The van der Waals surface area contributed by atoms with E-state index in [-0.39, 0.29) is 5.91 Å². The summed E-state index contributed by atoms with van der Waals surface area (Å²) in [5, 5.41) is 2.97. The van der Waals surface area contributed by atoms with Gasteiger partial charge in [-0.1, -0.05) is 36.4 Å². The van der Waals surface area contributed by atoms with Crippen molar-refractivity contribution < 1.29 is 9.53 Å². The summed E-state index contributed by atoms with van der Waals surface area (Å²) >= 11 is 1.77. The quantitative estimate of drug-likeness (QED) is 0.848. The minimum atomic E-state index is -0.0529. The van der Waals surface area contributed by atoms with Crippen LogP contribution in [-0.4, -0.2) is 19.3 Å². The van der Waals surface area contributed by atoms with Crippen molar-refractivity contribution in [2.24, 2.45) is 0 Å². The van der Waals surface area contributed by atoms with Crippen LogP contribution < -0.4 is 5.32 Å². The molecule has 0 fully saturated rings. The Hall–Kier alpha value is -1.78. The van der Waals surface area contributed by atoms with Gasteiger partial charge >= 0.3 is 0 Å². The number of hydrogen-bond acceptors (Lipinski definition) is 3. The highest BCUT2D eigenvalue weighted by Crippen LogP contribution is 2.12. The van der Waals surface area contributed by atoms with E-state index in [0.29, 0.717) is 18.7 Å². The van der Waals surface area contributed by atoms with Crippen molar-refractivity contribution in [1.82, 2.24) is 5.32 Å². The first-order valence-corrected chi connectivity index (χ1v) is 8.55. The van der Waals surface area contributed by atoms with Crippen LogP contribution in [0.4, 0.5) is 0 Å². The molecule has 3 nitrogen and oxygen atoms in total. The van der Waals surface area contributed by atoms with Gasteiger partial charge in [-0.15, -0.1) is 0 Å². The first kappa shape index (κ1) is 16.6. The number of amides is 1. The Morgan fingerprint density at radius 2 is 1.77 bits per heavy atom. The third-order valence-electron chi connectivity index (χ3n) is 3.38. The second-order valence-electron chi connectivity index (χ2n) is 5.01. The van der Waals surface area contributed by atoms with Crippen molar-refractivity contribution in [2.45, 2.75) is 18.9 Å². The zero-order valence-corrected chi connectivity index (χ0v) is 13.8. The van der Waals surface area contributed by atoms with Gasteiger partial charge in [0.2, 0.25) is 0 Å². The SMILES string of the molecule is COCc1ccccc1CNC(=O)c1ccc(CSC)cc1. The average Bonchev–Trinajstić information content (AvgIpc) is 2.55. The molecule has 0 spiro atoms. The highest BCUT2D eigenvalue weighted by atomic mass is 32.2. The molecule has 0 radical (unpaired) electrons. The van der Waals surface area contributed by atoms with Crippen LogP contribution in [0.3, 0.4) is 0 Å². The lowest BCUT2D eigenvalue weighted by atomic mass is 10.1. The van der Waals surface area contributed by atoms with Crippen molar-refractivity contribution in [3.63, 3.8) is 0 Å². The first-order valence-electron chi connectivity index (χ1n) is 7.16. The molecule has 0 aliphatic heterocycles. The van der Waals surface area contributed by atoms with Crippen molar-refractivity contribution in [3.05, 3.63) is 70.8 Å². The smallest absolute Gasteiger partial charge is 0.251 e. The van der Waals surface area contributed by atoms with Crippen LogP contribution in [0.25, 0.3) is 0 Å². The normalized spacial score (nSPS) is 10.5. The second kappa shape index (κ2) is 8.61. The number of hydrogen-bond donors (Lipinski definition) is 1. The molecule has 116 valence electrons. The maximum atomic E-state index is 12.2. The fraction of sp³-hybridized carbons (Fsp3) is 0.278. The molecule has 2 rings (SSSR count). The number of methoxy groups -OCH3 is 1. The van der Waals surface area contributed by atoms with Crippen LogP contribution in [0.5, 0.6) is 0 Å². The van der Waals surface area contributed by atoms with Crippen LogP contribution in [0.2, 0.25) is 0 Å². The zero-order chi connectivity index (χ0) is 15.8. The summed E-state index contributed by atoms with van der Waals surface area (Å²) in [7, 11) is 1.67. The number of nitrogens with one attached hydrogen (secondary N) is 1. The van der Waals surface area contributed by atoms with Gasteiger partial charge < -0.3 is 10.1 Å². The predicted octanol–water partition coefficient (Wildman–Crippen LogP) is 3.63. The Labute approximate surface area is 136 Å². The molecule has 22 heavy (non-hydrogen) atoms. The lowest BCUT2D eigenvalue weighted by molar-refractivity contribution is 0.0950. The molecule has 2 aromatic carbocycles. The summed E-state index contributed by atoms with van der Waals surface area (Å²) < 4.78 is 5.18. The molecule has 0 aliphatic rings. The highest BCUT2D eigenvalue weighted by Gasteiger charge is 2.07. The Morgan fingerprint density at radius 1 is 1.09 bits per heavy atom. The third kappa shape index (κ3) is 4.61. The van der Waals surface area contributed by atoms with Gasteiger partial charge in [0.15, 0.2) is 0 Å². The Bertz CT molecular complexity index is 611. The standard InChI is InChI=1S/C18H21NO2S/c1-21-12-17-6-4-3-5-16(17)11-19-18(20)15-9-7-14(8-10-15)13-22-2/h3-10H,11-13H2,1-2H3,(H,19,20). The summed E-state index contributed by atoms with van der Waals surface area (Å²) in [5.41, 5.74) is 4.10. The van der Waals surface area contributed by atoms with E-state index in [4.69, 9.17) is 4.74 Å². The lowest BCUT2D eigenvalue weighted by Gasteiger charge is -2.10. The van der Waals surface area contributed by atoms with Gasteiger partial charge in [-0.3, -0.25) is 4.79 Å². The zero-order valence-electron chi connectivity index (χ0n) is 13.0. The molecule has 0 aromatic heterocycles. The molecule has 0 atom stereocenters. The van der Waals surface area contributed by atoms with Gasteiger partial charge in [-0.2, -0.15) is 11.8 Å². The van der Waals surface area contributed by atoms with Crippen molar-refractivity contribution in [3.8, 4) is 0 Å². The topological polar surface area (TPSA) is 38.3 Å². The first-order chi connectivity index (χ1) is 10.7. The monoisotopic (exact) mass is 315 g/mol. The van der Waals surface area contributed by atoms with Gasteiger partial charge in [-0.05, 0) is 35.1 Å². The molecular formula is C18H21NO2S. The molecule has 2 aromatic rings. The molecule has 0 aliphatic carbocycles. The summed E-state index contributed by atoms with van der Waals surface area (Å²) in [5.74, 6) is 0.912. The third-order valence-corrected chi connectivity index (χ3v) is 4.01. The van der Waals surface area contributed by atoms with E-state index in [1.807, 2.05) is 48.5 Å². The number of ether oxygens (including phenoxy) is 1. The number of rotatable bonds is 7. The van der Waals surface area contributed by atoms with E-state index >= 15 is 0 Å². The molecule has 0 saturated heterocycles. The minimum Gasteiger partial charge on any atom is -0.380 e. The van der Waals surface area contributed by atoms with Gasteiger partial charge in [-0.25, -0.2) is 0 Å². The van der Waals surface area contributed by atoms with Gasteiger partial charge in [0.1, 0.15) is 0 Å². The van der Waals surface area contributed by atoms with Crippen LogP contribution in [-0.2, 0) is 23.6 Å². The van der Waals surface area contributed by atoms with Gasteiger partial charge in [0, 0.05) is 25.0 Å². The Kier molecular flexibility index (Phi) is 6.49. The molecule has 0 saturated carbocycles. The molecule has 1 N–H and O–H groups in total. The lowest BCUT2D eigenvalue weighted by Crippen LogP contribution is -2.23. The second-order valence-corrected chi connectivity index (χ2v) is 5.88. The Morgan fingerprint density at radius 3 is 2.41 bits per heavy atom. The van der Waals surface area contributed by atoms with E-state index in [2.05, 4.69) is 11.6 Å².